The average Bonchev–Trinajstić information content (AvgIpc) is 2.36. The minimum Gasteiger partial charge on any atom is -0.493 e. The van der Waals surface area contributed by atoms with Gasteiger partial charge in [-0.15, -0.1) is 0 Å². The first-order chi connectivity index (χ1) is 8.15. The Labute approximate surface area is 102 Å². The van der Waals surface area contributed by atoms with Gasteiger partial charge in [-0.05, 0) is 23.6 Å². The van der Waals surface area contributed by atoms with Gasteiger partial charge in [0.25, 0.3) is 0 Å². The summed E-state index contributed by atoms with van der Waals surface area (Å²) in [4.78, 5) is 11.1. The van der Waals surface area contributed by atoms with Gasteiger partial charge in [0.1, 0.15) is 5.75 Å². The molecule has 0 aliphatic carbocycles. The lowest BCUT2D eigenvalue weighted by Gasteiger charge is -2.11. The summed E-state index contributed by atoms with van der Waals surface area (Å²) in [6.45, 7) is 4.98. The highest BCUT2D eigenvalue weighted by molar-refractivity contribution is 5.77. The molecule has 0 aliphatic rings. The first-order valence-electron chi connectivity index (χ1n) is 5.87. The highest BCUT2D eigenvalue weighted by atomic mass is 16.5. The van der Waals surface area contributed by atoms with E-state index in [1.54, 1.807) is 0 Å². The maximum Gasteiger partial charge on any atom is 0.238 e. The molecule has 0 unspecified atom stereocenters. The molecule has 0 spiro atoms. The minimum absolute atomic E-state index is 0.205. The van der Waals surface area contributed by atoms with Crippen LogP contribution in [-0.4, -0.2) is 12.5 Å². The monoisotopic (exact) mass is 236 g/mol. The Morgan fingerprint density at radius 2 is 2.29 bits per heavy atom. The lowest BCUT2D eigenvalue weighted by atomic mass is 10.1. The van der Waals surface area contributed by atoms with E-state index in [9.17, 15) is 4.79 Å². The van der Waals surface area contributed by atoms with Crippen molar-refractivity contribution in [2.24, 2.45) is 11.8 Å². The summed E-state index contributed by atoms with van der Waals surface area (Å²) >= 11 is 0. The first-order valence-corrected chi connectivity index (χ1v) is 5.87. The number of hydrazine groups is 1. The Bertz CT molecular complexity index is 366. The van der Waals surface area contributed by atoms with Crippen LogP contribution in [0.25, 0.3) is 0 Å². The van der Waals surface area contributed by atoms with Crippen LogP contribution in [0, 0.1) is 5.92 Å². The predicted molar refractivity (Wildman–Crippen MR) is 67.4 cm³/mol. The molecule has 0 radical (unpaired) electrons. The number of rotatable bonds is 6. The molecule has 3 N–H and O–H groups in total. The fourth-order valence-electron chi connectivity index (χ4n) is 1.34. The van der Waals surface area contributed by atoms with E-state index in [1.807, 2.05) is 24.3 Å². The Morgan fingerprint density at radius 1 is 1.53 bits per heavy atom. The van der Waals surface area contributed by atoms with Crippen molar-refractivity contribution >= 4 is 5.91 Å². The number of hydrogen-bond acceptors (Lipinski definition) is 3. The average molecular weight is 236 g/mol. The highest BCUT2D eigenvalue weighted by Crippen LogP contribution is 2.15. The van der Waals surface area contributed by atoms with Crippen molar-refractivity contribution in [3.8, 4) is 5.75 Å². The molecule has 1 rings (SSSR count). The van der Waals surface area contributed by atoms with Gasteiger partial charge in [-0.2, -0.15) is 0 Å². The van der Waals surface area contributed by atoms with Gasteiger partial charge in [0.2, 0.25) is 5.91 Å². The molecule has 0 fully saturated rings. The topological polar surface area (TPSA) is 64.3 Å². The molecule has 1 aromatic carbocycles. The molecule has 94 valence electrons. The van der Waals surface area contributed by atoms with Crippen molar-refractivity contribution < 1.29 is 9.53 Å². The van der Waals surface area contributed by atoms with Gasteiger partial charge in [-0.1, -0.05) is 32.4 Å². The van der Waals surface area contributed by atoms with Crippen LogP contribution in [0.15, 0.2) is 24.3 Å². The third-order valence-electron chi connectivity index (χ3n) is 2.66. The molecule has 1 amide bonds. The maximum absolute atomic E-state index is 11.1. The number of benzene rings is 1. The fraction of sp³-hybridized carbons (Fsp3) is 0.462. The van der Waals surface area contributed by atoms with Gasteiger partial charge >= 0.3 is 0 Å². The Morgan fingerprint density at radius 3 is 2.94 bits per heavy atom. The second-order valence-electron chi connectivity index (χ2n) is 4.22. The van der Waals surface area contributed by atoms with Crippen LogP contribution in [0.4, 0.5) is 0 Å². The summed E-state index contributed by atoms with van der Waals surface area (Å²) < 4.78 is 5.65. The van der Waals surface area contributed by atoms with Crippen LogP contribution in [0.3, 0.4) is 0 Å². The largest absolute Gasteiger partial charge is 0.493 e. The second kappa shape index (κ2) is 6.91. The molecule has 0 bridgehead atoms. The van der Waals surface area contributed by atoms with Crippen molar-refractivity contribution in [1.82, 2.24) is 5.43 Å². The number of amides is 1. The number of ether oxygens (including phenoxy) is 1. The Kier molecular flexibility index (Phi) is 5.49. The Hall–Kier alpha value is -1.55. The highest BCUT2D eigenvalue weighted by Gasteiger charge is 2.04. The van der Waals surface area contributed by atoms with Gasteiger partial charge in [0.05, 0.1) is 13.0 Å². The van der Waals surface area contributed by atoms with Crippen molar-refractivity contribution in [3.05, 3.63) is 29.8 Å². The minimum atomic E-state index is -0.205. The third kappa shape index (κ3) is 4.87. The molecule has 0 saturated carbocycles. The zero-order chi connectivity index (χ0) is 12.7. The maximum atomic E-state index is 11.1. The summed E-state index contributed by atoms with van der Waals surface area (Å²) in [7, 11) is 0. The van der Waals surface area contributed by atoms with Crippen molar-refractivity contribution in [3.63, 3.8) is 0 Å². The zero-order valence-corrected chi connectivity index (χ0v) is 10.4. The van der Waals surface area contributed by atoms with E-state index in [-0.39, 0.29) is 12.3 Å². The van der Waals surface area contributed by atoms with Crippen LogP contribution in [-0.2, 0) is 11.2 Å². The summed E-state index contributed by atoms with van der Waals surface area (Å²) in [6.07, 6.45) is 1.37. The van der Waals surface area contributed by atoms with Gasteiger partial charge in [0.15, 0.2) is 0 Å². The van der Waals surface area contributed by atoms with E-state index < -0.39 is 0 Å². The van der Waals surface area contributed by atoms with Crippen LogP contribution in [0.2, 0.25) is 0 Å². The van der Waals surface area contributed by atoms with Crippen LogP contribution >= 0.6 is 0 Å². The van der Waals surface area contributed by atoms with Gasteiger partial charge in [0, 0.05) is 0 Å². The predicted octanol–water partition coefficient (Wildman–Crippen LogP) is 1.64. The van der Waals surface area contributed by atoms with Crippen molar-refractivity contribution in [1.29, 1.82) is 0 Å². The number of nitrogens with two attached hydrogens (primary N) is 1. The summed E-state index contributed by atoms with van der Waals surface area (Å²) in [5, 5.41) is 0. The van der Waals surface area contributed by atoms with Crippen molar-refractivity contribution in [2.45, 2.75) is 26.7 Å². The van der Waals surface area contributed by atoms with E-state index >= 15 is 0 Å². The van der Waals surface area contributed by atoms with E-state index in [1.165, 1.54) is 0 Å². The summed E-state index contributed by atoms with van der Waals surface area (Å²) in [6, 6.07) is 7.53. The molecule has 17 heavy (non-hydrogen) atoms. The van der Waals surface area contributed by atoms with Crippen LogP contribution < -0.4 is 16.0 Å². The number of nitrogens with one attached hydrogen (secondary N) is 1. The molecule has 0 saturated heterocycles. The molecule has 0 aromatic heterocycles. The standard InChI is InChI=1S/C13H20N2O2/c1-3-10(2)9-17-12-6-4-5-11(7-12)8-13(16)15-14/h4-7,10H,3,8-9,14H2,1-2H3,(H,15,16)/t10-/m0/s1. The van der Waals surface area contributed by atoms with Crippen LogP contribution in [0.1, 0.15) is 25.8 Å². The molecule has 1 atom stereocenters. The fourth-order valence-corrected chi connectivity index (χ4v) is 1.34. The third-order valence-corrected chi connectivity index (χ3v) is 2.66. The SMILES string of the molecule is CC[C@H](C)COc1cccc(CC(=O)NN)c1. The normalized spacial score (nSPS) is 11.9. The molecule has 0 heterocycles. The van der Waals surface area contributed by atoms with Gasteiger partial charge in [-0.3, -0.25) is 10.2 Å². The molecule has 1 aromatic rings. The Balaban J connectivity index is 2.56. The smallest absolute Gasteiger partial charge is 0.238 e. The number of carbonyl (C=O) groups is 1. The molecular formula is C13H20N2O2. The van der Waals surface area contributed by atoms with Gasteiger partial charge < -0.3 is 4.74 Å². The van der Waals surface area contributed by atoms with Crippen molar-refractivity contribution in [2.75, 3.05) is 6.61 Å². The summed E-state index contributed by atoms with van der Waals surface area (Å²) in [5.74, 6) is 6.17. The molecule has 4 heteroatoms. The van der Waals surface area contributed by atoms with E-state index in [0.717, 1.165) is 17.7 Å². The van der Waals surface area contributed by atoms with E-state index in [0.29, 0.717) is 12.5 Å². The van der Waals surface area contributed by atoms with Gasteiger partial charge in [-0.25, -0.2) is 5.84 Å². The quantitative estimate of drug-likeness (QED) is 0.448. The number of hydrogen-bond donors (Lipinski definition) is 2. The molecule has 4 nitrogen and oxygen atoms in total. The first kappa shape index (κ1) is 13.5. The summed E-state index contributed by atoms with van der Waals surface area (Å²) in [5.41, 5.74) is 3.01. The van der Waals surface area contributed by atoms with E-state index in [2.05, 4.69) is 19.3 Å². The zero-order valence-electron chi connectivity index (χ0n) is 10.4. The number of carbonyl (C=O) groups excluding carboxylic acids is 1. The lowest BCUT2D eigenvalue weighted by Crippen LogP contribution is -2.31. The van der Waals surface area contributed by atoms with Crippen LogP contribution in [0.5, 0.6) is 5.75 Å². The lowest BCUT2D eigenvalue weighted by molar-refractivity contribution is -0.120. The van der Waals surface area contributed by atoms with E-state index in [4.69, 9.17) is 10.6 Å². The molecule has 0 aliphatic heterocycles. The second-order valence-corrected chi connectivity index (χ2v) is 4.22. The molecular weight excluding hydrogens is 216 g/mol.